The predicted octanol–water partition coefficient (Wildman–Crippen LogP) is 9.87. The molecule has 0 bridgehead atoms. The maximum Gasteiger partial charge on any atom is 0.421 e. The number of amides is 1. The smallest absolute Gasteiger partial charge is 0.421 e. The number of anilines is 2. The van der Waals surface area contributed by atoms with Crippen LogP contribution in [-0.2, 0) is 13.6 Å². The highest BCUT2D eigenvalue weighted by Crippen LogP contribution is 2.44. The topological polar surface area (TPSA) is 102 Å². The zero-order valence-electron chi connectivity index (χ0n) is 36.8. The fourth-order valence-electron chi connectivity index (χ4n) is 8.93. The van der Waals surface area contributed by atoms with E-state index in [0.29, 0.717) is 23.5 Å². The van der Waals surface area contributed by atoms with Gasteiger partial charge in [-0.05, 0) is 76.6 Å². The van der Waals surface area contributed by atoms with Gasteiger partial charge in [-0.3, -0.25) is 0 Å². The first-order valence-electron chi connectivity index (χ1n) is 21.0. The molecular formula is C49H58ClN5O4Si2. The summed E-state index contributed by atoms with van der Waals surface area (Å²) in [4.78, 5) is 32.1. The van der Waals surface area contributed by atoms with Gasteiger partial charge in [0.2, 0.25) is 5.95 Å². The van der Waals surface area contributed by atoms with Gasteiger partial charge in [0.15, 0.2) is 10.8 Å². The van der Waals surface area contributed by atoms with Crippen molar-refractivity contribution < 1.29 is 18.4 Å². The molecule has 6 aromatic rings. The molecule has 1 aliphatic rings. The quantitative estimate of drug-likeness (QED) is 0.0786. The lowest BCUT2D eigenvalue weighted by Crippen LogP contribution is -2.68. The lowest BCUT2D eigenvalue weighted by Gasteiger charge is -2.46. The van der Waals surface area contributed by atoms with E-state index in [2.05, 4.69) is 159 Å². The van der Waals surface area contributed by atoms with E-state index in [1.54, 1.807) is 0 Å². The summed E-state index contributed by atoms with van der Waals surface area (Å²) in [7, 11) is -6.14. The first kappa shape index (κ1) is 44.1. The summed E-state index contributed by atoms with van der Waals surface area (Å²) in [6.45, 7) is 24.3. The highest BCUT2D eigenvalue weighted by atomic mass is 35.5. The monoisotopic (exact) mass is 871 g/mol. The van der Waals surface area contributed by atoms with Gasteiger partial charge in [-0.2, -0.15) is 9.97 Å². The highest BCUT2D eigenvalue weighted by Gasteiger charge is 2.55. The molecular weight excluding hydrogens is 814 g/mol. The van der Waals surface area contributed by atoms with Crippen LogP contribution in [0.15, 0.2) is 134 Å². The number of nitrogens with zero attached hydrogens (tertiary/aromatic N) is 4. The number of nitrogens with one attached hydrogen (secondary N) is 1. The van der Waals surface area contributed by atoms with Gasteiger partial charge in [0.25, 0.3) is 16.6 Å². The van der Waals surface area contributed by atoms with Crippen molar-refractivity contribution in [2.45, 2.75) is 96.9 Å². The van der Waals surface area contributed by atoms with Gasteiger partial charge in [0.05, 0.1) is 18.1 Å². The standard InChI is InChI=1S/C49H58ClN5O4Si2/c1-34-29-30-41(59-61(49(8,9)10,37-24-16-12-17-25-37)38-26-18-13-19-27-38)40(34)32-57-60(48(5,6)7,36-22-14-11-15-23-36)39-28-20-21-35(31-39)55(46(56)58-47(2,3)4)45-53-43(50)42-44(54-45)52-33-51-42/h11-28,31,33,40-41H,1,29-30,32H2,2-10H3,(H,51,52,53,54). The van der Waals surface area contributed by atoms with Gasteiger partial charge in [0, 0.05) is 12.5 Å². The van der Waals surface area contributed by atoms with Crippen LogP contribution in [0.5, 0.6) is 0 Å². The summed E-state index contributed by atoms with van der Waals surface area (Å²) < 4.78 is 21.5. The Labute approximate surface area is 367 Å². The average molecular weight is 873 g/mol. The van der Waals surface area contributed by atoms with Gasteiger partial charge in [0.1, 0.15) is 11.1 Å². The van der Waals surface area contributed by atoms with Gasteiger partial charge in [-0.15, -0.1) is 0 Å². The molecule has 0 saturated heterocycles. The fourth-order valence-corrected chi connectivity index (χ4v) is 18.5. The Balaban J connectivity index is 1.33. The van der Waals surface area contributed by atoms with E-state index in [1.165, 1.54) is 21.6 Å². The van der Waals surface area contributed by atoms with Crippen LogP contribution in [0, 0.1) is 5.92 Å². The number of halogens is 1. The second kappa shape index (κ2) is 17.1. The number of fused-ring (bicyclic) bond motifs is 1. The van der Waals surface area contributed by atoms with E-state index < -0.39 is 28.3 Å². The Hall–Kier alpha value is -4.92. The van der Waals surface area contributed by atoms with Crippen LogP contribution >= 0.6 is 11.6 Å². The van der Waals surface area contributed by atoms with E-state index in [4.69, 9.17) is 25.2 Å². The Bertz CT molecular complexity index is 2440. The van der Waals surface area contributed by atoms with Crippen LogP contribution in [-0.4, -0.2) is 61.0 Å². The van der Waals surface area contributed by atoms with Gasteiger partial charge >= 0.3 is 6.09 Å². The molecule has 1 aliphatic carbocycles. The number of aromatic nitrogens is 4. The van der Waals surface area contributed by atoms with Crippen LogP contribution in [0.25, 0.3) is 11.2 Å². The Morgan fingerprint density at radius 2 is 1.31 bits per heavy atom. The van der Waals surface area contributed by atoms with Crippen molar-refractivity contribution in [2.24, 2.45) is 5.92 Å². The summed E-state index contributed by atoms with van der Waals surface area (Å²) in [5.41, 5.74) is 1.65. The van der Waals surface area contributed by atoms with Crippen LogP contribution < -0.4 is 25.6 Å². The third-order valence-corrected chi connectivity index (χ3v) is 22.0. The number of carbonyl (C=O) groups is 1. The van der Waals surface area contributed by atoms with E-state index >= 15 is 0 Å². The molecule has 61 heavy (non-hydrogen) atoms. The second-order valence-corrected chi connectivity index (χ2v) is 27.9. The maximum absolute atomic E-state index is 14.2. The lowest BCUT2D eigenvalue weighted by molar-refractivity contribution is 0.0597. The number of aromatic amines is 1. The summed E-state index contributed by atoms with van der Waals surface area (Å²) in [6.07, 6.45) is 2.45. The number of benzene rings is 4. The molecule has 1 fully saturated rings. The number of imidazole rings is 1. The van der Waals surface area contributed by atoms with Crippen LogP contribution in [0.2, 0.25) is 15.2 Å². The molecule has 2 aromatic heterocycles. The Morgan fingerprint density at radius 3 is 1.85 bits per heavy atom. The highest BCUT2D eigenvalue weighted by molar-refractivity contribution is 7.00. The third kappa shape index (κ3) is 8.63. The van der Waals surface area contributed by atoms with Gasteiger partial charge < -0.3 is 18.6 Å². The molecule has 1 saturated carbocycles. The molecule has 2 heterocycles. The van der Waals surface area contributed by atoms with Crippen molar-refractivity contribution in [2.75, 3.05) is 11.5 Å². The number of hydrogen-bond donors (Lipinski definition) is 1. The van der Waals surface area contributed by atoms with Crippen molar-refractivity contribution in [3.63, 3.8) is 0 Å². The van der Waals surface area contributed by atoms with E-state index in [1.807, 2.05) is 45.0 Å². The number of rotatable bonds is 11. The summed E-state index contributed by atoms with van der Waals surface area (Å²) in [5.74, 6) is -0.0117. The molecule has 0 radical (unpaired) electrons. The largest absolute Gasteiger partial charge is 0.443 e. The SMILES string of the molecule is C=C1CCC(O[Si](c2ccccc2)(c2ccccc2)C(C)(C)C)C1CO[Si](c1ccccc1)(c1cccc(N(C(=O)OC(C)(C)C)c2nc(Cl)c3[nH]cnc3n2)c1)C(C)(C)C. The van der Waals surface area contributed by atoms with Crippen molar-refractivity contribution in [3.05, 3.63) is 139 Å². The number of ether oxygens (including phenoxy) is 1. The molecule has 3 unspecified atom stereocenters. The molecule has 7 rings (SSSR count). The first-order valence-corrected chi connectivity index (χ1v) is 25.2. The van der Waals surface area contributed by atoms with Crippen molar-refractivity contribution in [1.82, 2.24) is 19.9 Å². The molecule has 12 heteroatoms. The number of H-pyrrole nitrogens is 1. The van der Waals surface area contributed by atoms with E-state index in [9.17, 15) is 4.79 Å². The minimum Gasteiger partial charge on any atom is -0.443 e. The zero-order valence-corrected chi connectivity index (χ0v) is 39.6. The summed E-state index contributed by atoms with van der Waals surface area (Å²) in [6, 6.07) is 40.1. The summed E-state index contributed by atoms with van der Waals surface area (Å²) in [5, 5.41) is 4.14. The third-order valence-electron chi connectivity index (χ3n) is 11.7. The molecule has 1 N–H and O–H groups in total. The van der Waals surface area contributed by atoms with Crippen LogP contribution in [0.1, 0.15) is 75.2 Å². The Kier molecular flexibility index (Phi) is 12.4. The summed E-state index contributed by atoms with van der Waals surface area (Å²) >= 11 is 6.65. The van der Waals surface area contributed by atoms with Gasteiger partial charge in [-0.1, -0.05) is 168 Å². The molecule has 3 atom stereocenters. The zero-order chi connectivity index (χ0) is 43.8. The fraction of sp³-hybridized carbons (Fsp3) is 0.347. The minimum atomic E-state index is -3.25. The first-order chi connectivity index (χ1) is 28.9. The minimum absolute atomic E-state index is 0.0465. The van der Waals surface area contributed by atoms with Crippen LogP contribution in [0.4, 0.5) is 16.4 Å². The average Bonchev–Trinajstić information content (AvgIpc) is 3.83. The molecule has 9 nitrogen and oxygen atoms in total. The predicted molar refractivity (Wildman–Crippen MR) is 253 cm³/mol. The number of hydrogen-bond acceptors (Lipinski definition) is 7. The van der Waals surface area contributed by atoms with Crippen LogP contribution in [0.3, 0.4) is 0 Å². The molecule has 1 amide bonds. The molecule has 0 aliphatic heterocycles. The maximum atomic E-state index is 14.2. The normalized spacial score (nSPS) is 17.3. The van der Waals surface area contributed by atoms with Gasteiger partial charge in [-0.25, -0.2) is 14.7 Å². The molecule has 4 aromatic carbocycles. The molecule has 318 valence electrons. The van der Waals surface area contributed by atoms with E-state index in [-0.39, 0.29) is 33.2 Å². The van der Waals surface area contributed by atoms with Crippen molar-refractivity contribution >= 4 is 77.9 Å². The van der Waals surface area contributed by atoms with Crippen molar-refractivity contribution in [3.8, 4) is 0 Å². The Morgan fingerprint density at radius 1 is 0.770 bits per heavy atom. The number of carbonyl (C=O) groups excluding carboxylic acids is 1. The van der Waals surface area contributed by atoms with E-state index in [0.717, 1.165) is 28.8 Å². The second-order valence-electron chi connectivity index (χ2n) is 19.0. The van der Waals surface area contributed by atoms with Crippen molar-refractivity contribution in [1.29, 1.82) is 0 Å². The lowest BCUT2D eigenvalue weighted by atomic mass is 10.0. The molecule has 0 spiro atoms.